The number of fused-ring (bicyclic) bond motifs is 1. The molecule has 0 unspecified atom stereocenters. The number of sulfone groups is 1. The molecular weight excluding hydrogens is 478 g/mol. The van der Waals surface area contributed by atoms with Crippen LogP contribution in [0.3, 0.4) is 0 Å². The van der Waals surface area contributed by atoms with E-state index in [4.69, 9.17) is 9.16 Å². The molecule has 2 aromatic carbocycles. The Morgan fingerprint density at radius 1 is 0.943 bits per heavy atom. The highest BCUT2D eigenvalue weighted by atomic mass is 32.2. The van der Waals surface area contributed by atoms with Gasteiger partial charge in [0.15, 0.2) is 0 Å². The number of ether oxygens (including phenoxy) is 1. The van der Waals surface area contributed by atoms with Gasteiger partial charge in [-0.25, -0.2) is 13.2 Å². The van der Waals surface area contributed by atoms with Crippen LogP contribution in [-0.4, -0.2) is 47.1 Å². The highest BCUT2D eigenvalue weighted by molar-refractivity contribution is 7.91. The molecule has 2 aromatic rings. The van der Waals surface area contributed by atoms with Crippen molar-refractivity contribution in [1.29, 1.82) is 0 Å². The SMILES string of the molecule is C[Si](C)Oc1c(C(C)(C)C)cccc1S(=O)(=O)c1ccc2c(c1)CCN(C(=O)OC(C)(C)C)CC2. The van der Waals surface area contributed by atoms with E-state index in [0.717, 1.165) is 16.7 Å². The minimum atomic E-state index is -3.81. The molecule has 1 radical (unpaired) electrons. The summed E-state index contributed by atoms with van der Waals surface area (Å²) in [5.41, 5.74) is 2.06. The summed E-state index contributed by atoms with van der Waals surface area (Å²) < 4.78 is 39.4. The van der Waals surface area contributed by atoms with Gasteiger partial charge in [-0.1, -0.05) is 39.0 Å². The molecule has 35 heavy (non-hydrogen) atoms. The van der Waals surface area contributed by atoms with Gasteiger partial charge in [0, 0.05) is 13.1 Å². The predicted octanol–water partition coefficient (Wildman–Crippen LogP) is 5.78. The summed E-state index contributed by atoms with van der Waals surface area (Å²) in [6, 6.07) is 10.7. The lowest BCUT2D eigenvalue weighted by atomic mass is 9.86. The number of benzene rings is 2. The average Bonchev–Trinajstić information content (AvgIpc) is 2.93. The summed E-state index contributed by atoms with van der Waals surface area (Å²) in [7, 11) is -5.00. The first-order chi connectivity index (χ1) is 16.1. The molecule has 191 valence electrons. The maximum absolute atomic E-state index is 13.9. The molecule has 0 bridgehead atoms. The Morgan fingerprint density at radius 3 is 2.14 bits per heavy atom. The quantitative estimate of drug-likeness (QED) is 0.482. The normalized spacial score (nSPS) is 14.9. The van der Waals surface area contributed by atoms with Crippen LogP contribution in [0.5, 0.6) is 5.75 Å². The predicted molar refractivity (Wildman–Crippen MR) is 140 cm³/mol. The van der Waals surface area contributed by atoms with Crippen LogP contribution in [0.1, 0.15) is 58.2 Å². The second-order valence-corrected chi connectivity index (χ2v) is 15.2. The molecule has 0 saturated heterocycles. The van der Waals surface area contributed by atoms with E-state index in [9.17, 15) is 13.2 Å². The summed E-state index contributed by atoms with van der Waals surface area (Å²) in [6.45, 7) is 16.7. The van der Waals surface area contributed by atoms with Crippen LogP contribution in [0, 0.1) is 0 Å². The first-order valence-electron chi connectivity index (χ1n) is 12.1. The third-order valence-corrected chi connectivity index (χ3v) is 8.21. The largest absolute Gasteiger partial charge is 0.542 e. The molecule has 0 N–H and O–H groups in total. The standard InChI is InChI=1S/C27H38NO5SSi/c1-26(2,3)22-10-9-11-23(24(22)33-35(7)8)34(30,31)21-13-12-19-14-16-28(17-15-20(19)18-21)25(29)32-27(4,5)6/h9-13,18H,14-17H2,1-8H3. The summed E-state index contributed by atoms with van der Waals surface area (Å²) >= 11 is 0. The average molecular weight is 517 g/mol. The smallest absolute Gasteiger partial charge is 0.410 e. The van der Waals surface area contributed by atoms with Crippen LogP contribution in [0.25, 0.3) is 0 Å². The minimum absolute atomic E-state index is 0.208. The third kappa shape index (κ3) is 6.47. The first-order valence-corrected chi connectivity index (χ1v) is 15.9. The number of rotatable bonds is 4. The minimum Gasteiger partial charge on any atom is -0.542 e. The van der Waals surface area contributed by atoms with E-state index in [-0.39, 0.29) is 21.3 Å². The molecule has 0 aliphatic carbocycles. The van der Waals surface area contributed by atoms with E-state index < -0.39 is 24.5 Å². The van der Waals surface area contributed by atoms with Crippen molar-refractivity contribution < 1.29 is 22.4 Å². The van der Waals surface area contributed by atoms with Crippen molar-refractivity contribution >= 4 is 25.0 Å². The van der Waals surface area contributed by atoms with Crippen molar-refractivity contribution in [2.24, 2.45) is 0 Å². The van der Waals surface area contributed by atoms with Crippen LogP contribution in [0.15, 0.2) is 46.2 Å². The van der Waals surface area contributed by atoms with Gasteiger partial charge >= 0.3 is 6.09 Å². The van der Waals surface area contributed by atoms with Crippen LogP contribution in [0.4, 0.5) is 4.79 Å². The number of nitrogens with zero attached hydrogens (tertiary/aromatic N) is 1. The molecule has 3 rings (SSSR count). The van der Waals surface area contributed by atoms with Crippen molar-refractivity contribution in [2.75, 3.05) is 13.1 Å². The Kier molecular flexibility index (Phi) is 7.77. The fourth-order valence-electron chi connectivity index (χ4n) is 4.13. The molecule has 1 heterocycles. The van der Waals surface area contributed by atoms with Gasteiger partial charge < -0.3 is 14.1 Å². The monoisotopic (exact) mass is 516 g/mol. The number of hydrogen-bond donors (Lipinski definition) is 0. The van der Waals surface area contributed by atoms with E-state index in [1.807, 2.05) is 46.0 Å². The van der Waals surface area contributed by atoms with Crippen molar-refractivity contribution in [3.05, 3.63) is 53.1 Å². The Hall–Kier alpha value is -2.32. The Bertz CT molecular complexity index is 1190. The summed E-state index contributed by atoms with van der Waals surface area (Å²) in [6.07, 6.45) is 0.886. The van der Waals surface area contributed by atoms with Crippen molar-refractivity contribution in [1.82, 2.24) is 4.90 Å². The summed E-state index contributed by atoms with van der Waals surface area (Å²) in [5.74, 6) is 0.463. The zero-order chi connectivity index (χ0) is 26.2. The lowest BCUT2D eigenvalue weighted by molar-refractivity contribution is 0.0258. The van der Waals surface area contributed by atoms with Gasteiger partial charge in [0.25, 0.3) is 9.04 Å². The van der Waals surface area contributed by atoms with Crippen LogP contribution < -0.4 is 4.43 Å². The van der Waals surface area contributed by atoms with Gasteiger partial charge in [-0.15, -0.1) is 0 Å². The van der Waals surface area contributed by atoms with E-state index in [0.29, 0.717) is 31.7 Å². The zero-order valence-corrected chi connectivity index (χ0v) is 24.0. The van der Waals surface area contributed by atoms with E-state index in [1.165, 1.54) is 0 Å². The maximum atomic E-state index is 13.9. The number of carbonyl (C=O) groups excluding carboxylic acids is 1. The highest BCUT2D eigenvalue weighted by Gasteiger charge is 2.30. The Balaban J connectivity index is 1.97. The molecule has 8 heteroatoms. The van der Waals surface area contributed by atoms with Gasteiger partial charge in [0.1, 0.15) is 16.2 Å². The second-order valence-electron chi connectivity index (χ2n) is 11.3. The Morgan fingerprint density at radius 2 is 1.57 bits per heavy atom. The molecule has 1 amide bonds. The topological polar surface area (TPSA) is 72.9 Å². The molecule has 0 fully saturated rings. The van der Waals surface area contributed by atoms with Crippen LogP contribution in [0.2, 0.25) is 13.1 Å². The molecule has 0 saturated carbocycles. The lowest BCUT2D eigenvalue weighted by Gasteiger charge is -2.26. The Labute approximate surface area is 212 Å². The van der Waals surface area contributed by atoms with Crippen LogP contribution >= 0.6 is 0 Å². The van der Waals surface area contributed by atoms with Crippen molar-refractivity contribution in [3.8, 4) is 5.75 Å². The first kappa shape index (κ1) is 27.3. The number of carbonyl (C=O) groups is 1. The number of hydrogen-bond acceptors (Lipinski definition) is 5. The molecule has 0 atom stereocenters. The highest BCUT2D eigenvalue weighted by Crippen LogP contribution is 2.39. The number of para-hydroxylation sites is 1. The van der Waals surface area contributed by atoms with Gasteiger partial charge in [0.05, 0.1) is 4.90 Å². The lowest BCUT2D eigenvalue weighted by Crippen LogP contribution is -2.38. The second kappa shape index (κ2) is 9.97. The molecule has 0 spiro atoms. The van der Waals surface area contributed by atoms with Crippen LogP contribution in [-0.2, 0) is 32.8 Å². The van der Waals surface area contributed by atoms with Gasteiger partial charge in [-0.05, 0) is 87.0 Å². The molecule has 0 aromatic heterocycles. The molecule has 1 aliphatic rings. The van der Waals surface area contributed by atoms with E-state index >= 15 is 0 Å². The summed E-state index contributed by atoms with van der Waals surface area (Å²) in [4.78, 5) is 14.7. The van der Waals surface area contributed by atoms with Crippen molar-refractivity contribution in [2.45, 2.75) is 88.3 Å². The van der Waals surface area contributed by atoms with Gasteiger partial charge in [0.2, 0.25) is 9.84 Å². The van der Waals surface area contributed by atoms with E-state index in [1.54, 1.807) is 29.2 Å². The fraction of sp³-hybridized carbons (Fsp3) is 0.519. The fourth-order valence-corrected chi connectivity index (χ4v) is 6.29. The molecule has 6 nitrogen and oxygen atoms in total. The zero-order valence-electron chi connectivity index (χ0n) is 22.2. The van der Waals surface area contributed by atoms with E-state index in [2.05, 4.69) is 20.8 Å². The summed E-state index contributed by atoms with van der Waals surface area (Å²) in [5, 5.41) is 0. The number of amides is 1. The van der Waals surface area contributed by atoms with Crippen molar-refractivity contribution in [3.63, 3.8) is 0 Å². The maximum Gasteiger partial charge on any atom is 0.410 e. The molecule has 1 aliphatic heterocycles. The molecular formula is C27H38NO5SSi. The van der Waals surface area contributed by atoms with Gasteiger partial charge in [-0.3, -0.25) is 0 Å². The third-order valence-electron chi connectivity index (χ3n) is 5.82. The van der Waals surface area contributed by atoms with Gasteiger partial charge in [-0.2, -0.15) is 0 Å².